The Labute approximate surface area is 95.9 Å². The van der Waals surface area contributed by atoms with E-state index in [9.17, 15) is 0 Å². The van der Waals surface area contributed by atoms with Gasteiger partial charge in [0.05, 0.1) is 0 Å². The first-order valence-corrected chi connectivity index (χ1v) is 6.05. The number of hydrogen-bond donors (Lipinski definition) is 0. The minimum absolute atomic E-state index is 0.753. The van der Waals surface area contributed by atoms with Crippen LogP contribution in [0.2, 0.25) is 0 Å². The summed E-state index contributed by atoms with van der Waals surface area (Å²) in [5, 5.41) is 0. The molecule has 14 heavy (non-hydrogen) atoms. The maximum atomic E-state index is 3.52. The van der Waals surface area contributed by atoms with Crippen LogP contribution < -0.4 is 0 Å². The van der Waals surface area contributed by atoms with Gasteiger partial charge in [-0.3, -0.25) is 0 Å². The summed E-state index contributed by atoms with van der Waals surface area (Å²) >= 11 is 3.52. The number of rotatable bonds is 3. The summed E-state index contributed by atoms with van der Waals surface area (Å²) in [6.07, 6.45) is 1.18. The fourth-order valence-corrected chi connectivity index (χ4v) is 1.85. The lowest BCUT2D eigenvalue weighted by Gasteiger charge is -2.16. The van der Waals surface area contributed by atoms with Gasteiger partial charge in [0.15, 0.2) is 0 Å². The molecule has 0 N–H and O–H groups in total. The summed E-state index contributed by atoms with van der Waals surface area (Å²) in [6, 6.07) is 6.54. The number of benzene rings is 1. The maximum Gasteiger partial charge on any atom is 0.0178 e. The first-order valence-electron chi connectivity index (χ1n) is 5.25. The summed E-state index contributed by atoms with van der Waals surface area (Å²) in [7, 11) is 0. The van der Waals surface area contributed by atoms with Crippen LogP contribution in [0.4, 0.5) is 0 Å². The highest BCUT2D eigenvalue weighted by Gasteiger charge is 2.09. The van der Waals surface area contributed by atoms with Crippen molar-refractivity contribution in [2.24, 2.45) is 11.8 Å². The molecule has 0 aliphatic rings. The third-order valence-corrected chi connectivity index (χ3v) is 3.48. The zero-order valence-corrected chi connectivity index (χ0v) is 11.1. The fraction of sp³-hybridized carbons (Fsp3) is 0.538. The van der Waals surface area contributed by atoms with E-state index in [4.69, 9.17) is 0 Å². The van der Waals surface area contributed by atoms with Gasteiger partial charge in [-0.05, 0) is 48.4 Å². The predicted molar refractivity (Wildman–Crippen MR) is 66.6 cm³/mol. The molecular weight excluding hydrogens is 236 g/mol. The molecule has 1 rings (SSSR count). The van der Waals surface area contributed by atoms with E-state index in [1.165, 1.54) is 22.0 Å². The van der Waals surface area contributed by atoms with Crippen molar-refractivity contribution in [3.8, 4) is 0 Å². The molecule has 0 fully saturated rings. The molecule has 1 atom stereocenters. The molecule has 0 radical (unpaired) electrons. The average molecular weight is 255 g/mol. The van der Waals surface area contributed by atoms with E-state index in [0.717, 1.165) is 11.8 Å². The second-order valence-electron chi connectivity index (χ2n) is 4.50. The Kier molecular flexibility index (Phi) is 4.18. The van der Waals surface area contributed by atoms with Crippen molar-refractivity contribution in [2.45, 2.75) is 34.1 Å². The van der Waals surface area contributed by atoms with Crippen molar-refractivity contribution in [1.82, 2.24) is 0 Å². The SMILES string of the molecule is Cc1ccc(Br)cc1CC(C)C(C)C. The van der Waals surface area contributed by atoms with Crippen LogP contribution in [0.1, 0.15) is 31.9 Å². The molecule has 0 nitrogen and oxygen atoms in total. The second kappa shape index (κ2) is 4.97. The van der Waals surface area contributed by atoms with Crippen LogP contribution in [-0.2, 0) is 6.42 Å². The minimum Gasteiger partial charge on any atom is -0.0625 e. The van der Waals surface area contributed by atoms with Crippen LogP contribution in [0.25, 0.3) is 0 Å². The summed E-state index contributed by atoms with van der Waals surface area (Å²) < 4.78 is 1.19. The summed E-state index contributed by atoms with van der Waals surface area (Å²) in [5.41, 5.74) is 2.88. The van der Waals surface area contributed by atoms with E-state index in [0.29, 0.717) is 0 Å². The highest BCUT2D eigenvalue weighted by atomic mass is 79.9. The Balaban J connectivity index is 2.80. The van der Waals surface area contributed by atoms with Gasteiger partial charge in [0.2, 0.25) is 0 Å². The molecule has 0 aromatic heterocycles. The predicted octanol–water partition coefficient (Wildman–Crippen LogP) is 4.59. The highest BCUT2D eigenvalue weighted by Crippen LogP contribution is 2.22. The zero-order chi connectivity index (χ0) is 10.7. The van der Waals surface area contributed by atoms with Crippen LogP contribution in [0.15, 0.2) is 22.7 Å². The van der Waals surface area contributed by atoms with Crippen molar-refractivity contribution < 1.29 is 0 Å². The van der Waals surface area contributed by atoms with Crippen LogP contribution in [0.3, 0.4) is 0 Å². The molecule has 0 heterocycles. The van der Waals surface area contributed by atoms with E-state index < -0.39 is 0 Å². The van der Waals surface area contributed by atoms with Crippen LogP contribution in [0, 0.1) is 18.8 Å². The smallest absolute Gasteiger partial charge is 0.0178 e. The normalized spacial score (nSPS) is 13.3. The summed E-state index contributed by atoms with van der Waals surface area (Å²) in [6.45, 7) is 9.09. The van der Waals surface area contributed by atoms with Crippen molar-refractivity contribution >= 4 is 15.9 Å². The first kappa shape index (κ1) is 11.8. The van der Waals surface area contributed by atoms with Gasteiger partial charge in [0.1, 0.15) is 0 Å². The third kappa shape index (κ3) is 3.13. The van der Waals surface area contributed by atoms with E-state index >= 15 is 0 Å². The molecule has 0 spiro atoms. The molecule has 0 aliphatic heterocycles. The Hall–Kier alpha value is -0.300. The molecule has 0 saturated heterocycles. The largest absolute Gasteiger partial charge is 0.0625 e. The highest BCUT2D eigenvalue weighted by molar-refractivity contribution is 9.10. The molecule has 78 valence electrons. The molecule has 1 unspecified atom stereocenters. The van der Waals surface area contributed by atoms with Gasteiger partial charge in [0.25, 0.3) is 0 Å². The Bertz CT molecular complexity index is 302. The fourth-order valence-electron chi connectivity index (χ4n) is 1.44. The lowest BCUT2D eigenvalue weighted by Crippen LogP contribution is -2.08. The third-order valence-electron chi connectivity index (χ3n) is 2.99. The minimum atomic E-state index is 0.753. The number of halogens is 1. The standard InChI is InChI=1S/C13H19Br/c1-9(2)11(4)7-12-8-13(14)6-5-10(12)3/h5-6,8-9,11H,7H2,1-4H3. The van der Waals surface area contributed by atoms with Gasteiger partial charge in [-0.25, -0.2) is 0 Å². The van der Waals surface area contributed by atoms with Crippen molar-refractivity contribution in [1.29, 1.82) is 0 Å². The van der Waals surface area contributed by atoms with Gasteiger partial charge in [0, 0.05) is 4.47 Å². The van der Waals surface area contributed by atoms with Gasteiger partial charge in [-0.1, -0.05) is 42.8 Å². The van der Waals surface area contributed by atoms with Gasteiger partial charge >= 0.3 is 0 Å². The Morgan fingerprint density at radius 2 is 1.86 bits per heavy atom. The van der Waals surface area contributed by atoms with E-state index in [2.05, 4.69) is 61.8 Å². The summed E-state index contributed by atoms with van der Waals surface area (Å²) in [5.74, 6) is 1.51. The van der Waals surface area contributed by atoms with Crippen LogP contribution in [0.5, 0.6) is 0 Å². The lowest BCUT2D eigenvalue weighted by molar-refractivity contribution is 0.416. The van der Waals surface area contributed by atoms with Crippen LogP contribution in [-0.4, -0.2) is 0 Å². The lowest BCUT2D eigenvalue weighted by atomic mass is 9.89. The molecule has 0 saturated carbocycles. The monoisotopic (exact) mass is 254 g/mol. The quantitative estimate of drug-likeness (QED) is 0.740. The molecule has 1 aromatic carbocycles. The summed E-state index contributed by atoms with van der Waals surface area (Å²) in [4.78, 5) is 0. The van der Waals surface area contributed by atoms with E-state index in [1.807, 2.05) is 0 Å². The second-order valence-corrected chi connectivity index (χ2v) is 5.41. The molecule has 1 aromatic rings. The van der Waals surface area contributed by atoms with Gasteiger partial charge < -0.3 is 0 Å². The van der Waals surface area contributed by atoms with Crippen molar-refractivity contribution in [2.75, 3.05) is 0 Å². The van der Waals surface area contributed by atoms with Crippen molar-refractivity contribution in [3.63, 3.8) is 0 Å². The number of aryl methyl sites for hydroxylation is 1. The maximum absolute atomic E-state index is 3.52. The topological polar surface area (TPSA) is 0 Å². The molecular formula is C13H19Br. The van der Waals surface area contributed by atoms with Crippen LogP contribution >= 0.6 is 15.9 Å². The zero-order valence-electron chi connectivity index (χ0n) is 9.47. The first-order chi connectivity index (χ1) is 6.50. The molecule has 0 bridgehead atoms. The Morgan fingerprint density at radius 1 is 1.21 bits per heavy atom. The molecule has 0 amide bonds. The molecule has 0 aliphatic carbocycles. The molecule has 1 heteroatoms. The van der Waals surface area contributed by atoms with Crippen molar-refractivity contribution in [3.05, 3.63) is 33.8 Å². The van der Waals surface area contributed by atoms with E-state index in [-0.39, 0.29) is 0 Å². The van der Waals surface area contributed by atoms with Gasteiger partial charge in [-0.2, -0.15) is 0 Å². The van der Waals surface area contributed by atoms with E-state index in [1.54, 1.807) is 0 Å². The average Bonchev–Trinajstić information content (AvgIpc) is 2.11. The Morgan fingerprint density at radius 3 is 2.43 bits per heavy atom. The number of hydrogen-bond acceptors (Lipinski definition) is 0. The van der Waals surface area contributed by atoms with Gasteiger partial charge in [-0.15, -0.1) is 0 Å².